The van der Waals surface area contributed by atoms with Gasteiger partial charge in [0.2, 0.25) is 5.91 Å². The van der Waals surface area contributed by atoms with Gasteiger partial charge in [0.15, 0.2) is 6.29 Å². The molecule has 38 heavy (non-hydrogen) atoms. The Balaban J connectivity index is 1.68. The summed E-state index contributed by atoms with van der Waals surface area (Å²) in [6, 6.07) is 1.50. The van der Waals surface area contributed by atoms with Crippen LogP contribution in [-0.2, 0) is 33.4 Å². The SMILES string of the molecule is CCOC(=O)CCCCCC(C(=O)NC1C(=O)N2C(C(=O)O)=C(COC(C)=O)CSC12)n1cccc1C=O. The number of carbonyl (C=O) groups is 6. The van der Waals surface area contributed by atoms with Crippen molar-refractivity contribution in [2.45, 2.75) is 63.4 Å². The fraction of sp³-hybridized carbons (Fsp3) is 0.520. The molecule has 206 valence electrons. The predicted octanol–water partition coefficient (Wildman–Crippen LogP) is 1.66. The van der Waals surface area contributed by atoms with Gasteiger partial charge in [0.1, 0.15) is 29.8 Å². The predicted molar refractivity (Wildman–Crippen MR) is 135 cm³/mol. The number of rotatable bonds is 14. The summed E-state index contributed by atoms with van der Waals surface area (Å²) in [4.78, 5) is 73.6. The number of fused-ring (bicyclic) bond motifs is 1. The number of unbranched alkanes of at least 4 members (excludes halogenated alkanes) is 2. The van der Waals surface area contributed by atoms with E-state index in [1.54, 1.807) is 29.8 Å². The normalized spacial score (nSPS) is 19.2. The highest BCUT2D eigenvalue weighted by molar-refractivity contribution is 8.00. The lowest BCUT2D eigenvalue weighted by Gasteiger charge is -2.49. The number of thioether (sulfide) groups is 1. The number of β-lactam (4-membered cyclic amide) rings is 1. The van der Waals surface area contributed by atoms with Crippen LogP contribution in [-0.4, -0.2) is 81.0 Å². The topological polar surface area (TPSA) is 161 Å². The van der Waals surface area contributed by atoms with E-state index in [2.05, 4.69) is 5.32 Å². The standard InChI is InChI=1S/C25H31N3O9S/c1-3-36-19(31)10-6-4-5-9-18(27-11-7-8-17(27)12-29)22(32)26-20-23(33)28-21(25(34)35)16(13-37-15(2)30)14-38-24(20)28/h7-8,11-12,18,20,24H,3-6,9-10,13-14H2,1-2H3,(H,26,32)(H,34,35). The molecule has 13 heteroatoms. The van der Waals surface area contributed by atoms with Crippen molar-refractivity contribution >= 4 is 47.8 Å². The Labute approximate surface area is 223 Å². The average Bonchev–Trinajstić information content (AvgIpc) is 3.35. The van der Waals surface area contributed by atoms with Crippen molar-refractivity contribution in [3.05, 3.63) is 35.3 Å². The molecular weight excluding hydrogens is 518 g/mol. The van der Waals surface area contributed by atoms with Crippen LogP contribution in [0.15, 0.2) is 29.6 Å². The molecule has 0 bridgehead atoms. The van der Waals surface area contributed by atoms with Crippen molar-refractivity contribution in [1.29, 1.82) is 0 Å². The van der Waals surface area contributed by atoms with Crippen LogP contribution in [0.25, 0.3) is 0 Å². The van der Waals surface area contributed by atoms with E-state index in [1.807, 2.05) is 0 Å². The Morgan fingerprint density at radius 1 is 1.24 bits per heavy atom. The molecule has 0 saturated carbocycles. The number of hydrogen-bond donors (Lipinski definition) is 2. The number of amides is 2. The maximum absolute atomic E-state index is 13.4. The van der Waals surface area contributed by atoms with E-state index in [9.17, 15) is 33.9 Å². The number of aliphatic carboxylic acids is 1. The Hall–Kier alpha value is -3.61. The monoisotopic (exact) mass is 549 g/mol. The van der Waals surface area contributed by atoms with Gasteiger partial charge in [0.25, 0.3) is 5.91 Å². The van der Waals surface area contributed by atoms with Gasteiger partial charge < -0.3 is 24.5 Å². The third-order valence-electron chi connectivity index (χ3n) is 6.23. The maximum Gasteiger partial charge on any atom is 0.352 e. The zero-order chi connectivity index (χ0) is 27.8. The molecule has 2 N–H and O–H groups in total. The maximum atomic E-state index is 13.4. The third-order valence-corrected chi connectivity index (χ3v) is 7.57. The lowest BCUT2D eigenvalue weighted by Crippen LogP contribution is -2.71. The number of carboxylic acids is 1. The number of hydrogen-bond acceptors (Lipinski definition) is 9. The van der Waals surface area contributed by atoms with Gasteiger partial charge in [-0.2, -0.15) is 0 Å². The fourth-order valence-electron chi connectivity index (χ4n) is 4.44. The second-order valence-electron chi connectivity index (χ2n) is 8.81. The van der Waals surface area contributed by atoms with Crippen LogP contribution >= 0.6 is 11.8 Å². The van der Waals surface area contributed by atoms with E-state index in [0.717, 1.165) is 4.90 Å². The first-order valence-corrected chi connectivity index (χ1v) is 13.4. The Kier molecular flexibility index (Phi) is 10.1. The number of nitrogens with one attached hydrogen (secondary N) is 1. The number of carbonyl (C=O) groups excluding carboxylic acids is 5. The molecule has 0 spiro atoms. The van der Waals surface area contributed by atoms with Gasteiger partial charge in [-0.3, -0.25) is 28.9 Å². The van der Waals surface area contributed by atoms with E-state index in [0.29, 0.717) is 49.8 Å². The quantitative estimate of drug-likeness (QED) is 0.151. The summed E-state index contributed by atoms with van der Waals surface area (Å²) < 4.78 is 11.4. The molecule has 3 unspecified atom stereocenters. The van der Waals surface area contributed by atoms with Gasteiger partial charge in [0.05, 0.1) is 12.3 Å². The van der Waals surface area contributed by atoms with Gasteiger partial charge >= 0.3 is 17.9 Å². The number of aromatic nitrogens is 1. The molecule has 0 radical (unpaired) electrons. The lowest BCUT2D eigenvalue weighted by molar-refractivity contribution is -0.151. The highest BCUT2D eigenvalue weighted by Gasteiger charge is 2.54. The number of carboxylic acid groups (broad SMARTS) is 1. The molecule has 2 aliphatic heterocycles. The van der Waals surface area contributed by atoms with Gasteiger partial charge in [-0.25, -0.2) is 4.79 Å². The zero-order valence-corrected chi connectivity index (χ0v) is 22.0. The van der Waals surface area contributed by atoms with Crippen LogP contribution in [0.3, 0.4) is 0 Å². The van der Waals surface area contributed by atoms with Crippen LogP contribution in [0.5, 0.6) is 0 Å². The summed E-state index contributed by atoms with van der Waals surface area (Å²) in [5.74, 6) is -3.00. The molecular formula is C25H31N3O9S. The summed E-state index contributed by atoms with van der Waals surface area (Å²) in [6.45, 7) is 3.02. The molecule has 1 aromatic rings. The number of nitrogens with zero attached hydrogens (tertiary/aromatic N) is 2. The van der Waals surface area contributed by atoms with Gasteiger partial charge in [-0.1, -0.05) is 12.8 Å². The van der Waals surface area contributed by atoms with Gasteiger partial charge in [-0.05, 0) is 31.9 Å². The lowest BCUT2D eigenvalue weighted by atomic mass is 10.0. The third kappa shape index (κ3) is 6.63. The van der Waals surface area contributed by atoms with E-state index in [1.165, 1.54) is 18.7 Å². The van der Waals surface area contributed by atoms with Crippen molar-refractivity contribution < 1.29 is 43.3 Å². The summed E-state index contributed by atoms with van der Waals surface area (Å²) >= 11 is 1.27. The first-order valence-electron chi connectivity index (χ1n) is 12.3. The zero-order valence-electron chi connectivity index (χ0n) is 21.2. The molecule has 3 heterocycles. The second-order valence-corrected chi connectivity index (χ2v) is 9.92. The van der Waals surface area contributed by atoms with E-state index in [-0.39, 0.29) is 30.4 Å². The molecule has 2 amide bonds. The smallest absolute Gasteiger partial charge is 0.352 e. The van der Waals surface area contributed by atoms with Crippen molar-refractivity contribution in [2.24, 2.45) is 0 Å². The van der Waals surface area contributed by atoms with Crippen molar-refractivity contribution in [3.63, 3.8) is 0 Å². The van der Waals surface area contributed by atoms with Crippen LogP contribution < -0.4 is 5.32 Å². The highest BCUT2D eigenvalue weighted by atomic mass is 32.2. The average molecular weight is 550 g/mol. The fourth-order valence-corrected chi connectivity index (χ4v) is 5.76. The largest absolute Gasteiger partial charge is 0.477 e. The molecule has 1 fully saturated rings. The van der Waals surface area contributed by atoms with Crippen molar-refractivity contribution in [3.8, 4) is 0 Å². The van der Waals surface area contributed by atoms with E-state index >= 15 is 0 Å². The summed E-state index contributed by atoms with van der Waals surface area (Å²) in [5, 5.41) is 11.8. The molecule has 3 rings (SSSR count). The summed E-state index contributed by atoms with van der Waals surface area (Å²) in [6.07, 6.45) is 4.73. The molecule has 12 nitrogen and oxygen atoms in total. The van der Waals surface area contributed by atoms with Gasteiger partial charge in [0, 0.05) is 30.9 Å². The Morgan fingerprint density at radius 2 is 2.00 bits per heavy atom. The Morgan fingerprint density at radius 3 is 2.66 bits per heavy atom. The summed E-state index contributed by atoms with van der Waals surface area (Å²) in [5.41, 5.74) is 0.365. The Bertz CT molecular complexity index is 1130. The minimum Gasteiger partial charge on any atom is -0.477 e. The first kappa shape index (κ1) is 29.0. The van der Waals surface area contributed by atoms with E-state index < -0.39 is 41.2 Å². The van der Waals surface area contributed by atoms with Crippen molar-refractivity contribution in [1.82, 2.24) is 14.8 Å². The molecule has 0 aliphatic carbocycles. The minimum atomic E-state index is -1.32. The molecule has 0 aromatic carbocycles. The molecule has 1 aromatic heterocycles. The van der Waals surface area contributed by atoms with Crippen LogP contribution in [0, 0.1) is 0 Å². The van der Waals surface area contributed by atoms with Gasteiger partial charge in [-0.15, -0.1) is 11.8 Å². The number of ether oxygens (including phenoxy) is 2. The van der Waals surface area contributed by atoms with Crippen molar-refractivity contribution in [2.75, 3.05) is 19.0 Å². The van der Waals surface area contributed by atoms with Crippen LogP contribution in [0.2, 0.25) is 0 Å². The summed E-state index contributed by atoms with van der Waals surface area (Å²) in [7, 11) is 0. The molecule has 1 saturated heterocycles. The second kappa shape index (κ2) is 13.3. The number of esters is 2. The molecule has 2 aliphatic rings. The minimum absolute atomic E-state index is 0.215. The number of aldehydes is 1. The van der Waals surface area contributed by atoms with E-state index in [4.69, 9.17) is 9.47 Å². The molecule has 3 atom stereocenters. The first-order chi connectivity index (χ1) is 18.2. The highest BCUT2D eigenvalue weighted by Crippen LogP contribution is 2.40. The van der Waals surface area contributed by atoms with Crippen LogP contribution in [0.4, 0.5) is 0 Å². The van der Waals surface area contributed by atoms with Crippen LogP contribution in [0.1, 0.15) is 62.5 Å².